The van der Waals surface area contributed by atoms with Crippen LogP contribution in [0.5, 0.6) is 0 Å². The van der Waals surface area contributed by atoms with Gasteiger partial charge in [-0.3, -0.25) is 0 Å². The summed E-state index contributed by atoms with van der Waals surface area (Å²) in [5.41, 5.74) is 17.3. The molecule has 1 saturated carbocycles. The molecule has 5 rings (SSSR count). The average molecular weight is 469 g/mol. The summed E-state index contributed by atoms with van der Waals surface area (Å²) in [6, 6.07) is 19.4. The molecule has 0 amide bonds. The number of hydrogen-bond acceptors (Lipinski definition) is 3. The van der Waals surface area contributed by atoms with Crippen LogP contribution in [0.1, 0.15) is 60.1 Å². The minimum atomic E-state index is -0.351. The van der Waals surface area contributed by atoms with Crippen LogP contribution >= 0.6 is 0 Å². The molecule has 0 bridgehead atoms. The minimum absolute atomic E-state index is 0.00634. The Bertz CT molecular complexity index is 1440. The number of guanidine groups is 1. The Kier molecular flexibility index (Phi) is 6.20. The van der Waals surface area contributed by atoms with Crippen LogP contribution in [0, 0.1) is 0 Å². The fourth-order valence-electron chi connectivity index (χ4n) is 5.60. The molecule has 0 atom stereocenters. The van der Waals surface area contributed by atoms with E-state index in [1.54, 1.807) is 0 Å². The van der Waals surface area contributed by atoms with Gasteiger partial charge in [-0.2, -0.15) is 0 Å². The molecule has 1 fully saturated rings. The Morgan fingerprint density at radius 3 is 2.51 bits per heavy atom. The lowest BCUT2D eigenvalue weighted by Gasteiger charge is -2.18. The Morgan fingerprint density at radius 2 is 1.77 bits per heavy atom. The van der Waals surface area contributed by atoms with Gasteiger partial charge in [0, 0.05) is 18.0 Å². The molecule has 1 heterocycles. The molecule has 1 aliphatic carbocycles. The fraction of sp³-hybridized carbons (Fsp3) is 0.310. The van der Waals surface area contributed by atoms with E-state index in [0.717, 1.165) is 16.6 Å². The Balaban J connectivity index is 1.83. The Labute approximate surface area is 205 Å². The zero-order valence-electron chi connectivity index (χ0n) is 20.4. The van der Waals surface area contributed by atoms with Crippen LogP contribution in [0.2, 0.25) is 0 Å². The maximum atomic E-state index is 13.2. The van der Waals surface area contributed by atoms with Crippen molar-refractivity contribution in [3.8, 4) is 11.1 Å². The summed E-state index contributed by atoms with van der Waals surface area (Å²) in [6.07, 6.45) is 4.85. The molecular weight excluding hydrogens is 436 g/mol. The number of aryl methyl sites for hydroxylation is 1. The van der Waals surface area contributed by atoms with E-state index in [0.29, 0.717) is 18.1 Å². The van der Waals surface area contributed by atoms with E-state index < -0.39 is 0 Å². The first-order valence-electron chi connectivity index (χ1n) is 12.4. The smallest absolute Gasteiger partial charge is 0.340 e. The summed E-state index contributed by atoms with van der Waals surface area (Å²) in [5.74, 6) is 0.139. The third-order valence-corrected chi connectivity index (χ3v) is 7.26. The summed E-state index contributed by atoms with van der Waals surface area (Å²) in [7, 11) is 1.97. The largest absolute Gasteiger partial charge is 0.462 e. The molecule has 4 aromatic rings. The molecular formula is C29H32N4O2. The maximum absolute atomic E-state index is 13.2. The van der Waals surface area contributed by atoms with E-state index in [1.165, 1.54) is 53.1 Å². The number of benzene rings is 3. The number of carbonyl (C=O) groups excluding carboxylic acids is 1. The molecule has 35 heavy (non-hydrogen) atoms. The van der Waals surface area contributed by atoms with Crippen molar-refractivity contribution in [3.63, 3.8) is 0 Å². The standard InChI is InChI=1S/C29H32N4O2/c1-3-35-28(34)27-24-15-23(21-14-8-12-18-9-6-7-13-20(18)21)22(19-10-4-5-11-19)16-25(24)33(2)26(27)17-32-29(30)31/h6-9,12-16,19H,3-5,10-11,17H2,1-2H3,(H4,30,31,32). The van der Waals surface area contributed by atoms with Crippen LogP contribution in [0.25, 0.3) is 32.8 Å². The minimum Gasteiger partial charge on any atom is -0.462 e. The van der Waals surface area contributed by atoms with Crippen molar-refractivity contribution < 1.29 is 9.53 Å². The number of carbonyl (C=O) groups is 1. The van der Waals surface area contributed by atoms with Gasteiger partial charge in [-0.25, -0.2) is 9.79 Å². The van der Waals surface area contributed by atoms with Gasteiger partial charge in [0.1, 0.15) is 0 Å². The van der Waals surface area contributed by atoms with E-state index in [2.05, 4.69) is 59.6 Å². The average Bonchev–Trinajstić information content (AvgIpc) is 3.48. The van der Waals surface area contributed by atoms with Crippen LogP contribution < -0.4 is 11.5 Å². The summed E-state index contributed by atoms with van der Waals surface area (Å²) in [4.78, 5) is 17.4. The van der Waals surface area contributed by atoms with Crippen molar-refractivity contribution in [2.75, 3.05) is 6.61 Å². The van der Waals surface area contributed by atoms with Gasteiger partial charge in [0.15, 0.2) is 5.96 Å². The van der Waals surface area contributed by atoms with Crippen LogP contribution in [-0.2, 0) is 18.3 Å². The monoisotopic (exact) mass is 468 g/mol. The molecule has 1 aromatic heterocycles. The second kappa shape index (κ2) is 9.45. The normalized spacial score (nSPS) is 14.0. The van der Waals surface area contributed by atoms with Crippen molar-refractivity contribution in [2.45, 2.75) is 45.1 Å². The molecule has 6 heteroatoms. The first kappa shape index (κ1) is 23.0. The topological polar surface area (TPSA) is 95.6 Å². The number of hydrogen-bond donors (Lipinski definition) is 2. The summed E-state index contributed by atoms with van der Waals surface area (Å²) >= 11 is 0. The predicted octanol–water partition coefficient (Wildman–Crippen LogP) is 5.61. The zero-order valence-corrected chi connectivity index (χ0v) is 20.4. The molecule has 0 spiro atoms. The number of nitrogens with zero attached hydrogens (tertiary/aromatic N) is 2. The zero-order chi connectivity index (χ0) is 24.5. The lowest BCUT2D eigenvalue weighted by Crippen LogP contribution is -2.23. The second-order valence-electron chi connectivity index (χ2n) is 9.31. The van der Waals surface area contributed by atoms with Crippen molar-refractivity contribution in [1.29, 1.82) is 0 Å². The molecule has 0 unspecified atom stereocenters. The highest BCUT2D eigenvalue weighted by molar-refractivity contribution is 6.09. The van der Waals surface area contributed by atoms with Gasteiger partial charge >= 0.3 is 5.97 Å². The number of esters is 1. The molecule has 180 valence electrons. The van der Waals surface area contributed by atoms with E-state index >= 15 is 0 Å². The molecule has 0 radical (unpaired) electrons. The summed E-state index contributed by atoms with van der Waals surface area (Å²) < 4.78 is 7.52. The highest BCUT2D eigenvalue weighted by atomic mass is 16.5. The van der Waals surface area contributed by atoms with Gasteiger partial charge in [-0.05, 0) is 65.3 Å². The molecule has 6 nitrogen and oxygen atoms in total. The molecule has 3 aromatic carbocycles. The number of nitrogens with two attached hydrogens (primary N) is 2. The number of rotatable bonds is 6. The van der Waals surface area contributed by atoms with Gasteiger partial charge in [-0.15, -0.1) is 0 Å². The van der Waals surface area contributed by atoms with Gasteiger partial charge in [-0.1, -0.05) is 55.3 Å². The fourth-order valence-corrected chi connectivity index (χ4v) is 5.60. The lowest BCUT2D eigenvalue weighted by molar-refractivity contribution is 0.0527. The molecule has 0 aliphatic heterocycles. The van der Waals surface area contributed by atoms with Crippen molar-refractivity contribution >= 4 is 33.6 Å². The number of aromatic nitrogens is 1. The van der Waals surface area contributed by atoms with E-state index in [-0.39, 0.29) is 18.5 Å². The first-order valence-corrected chi connectivity index (χ1v) is 12.4. The quantitative estimate of drug-likeness (QED) is 0.218. The SMILES string of the molecule is CCOC(=O)c1c(CN=C(N)N)n(C)c2cc(C3CCCC3)c(-c3cccc4ccccc34)cc12. The third-order valence-electron chi connectivity index (χ3n) is 7.26. The highest BCUT2D eigenvalue weighted by Crippen LogP contribution is 2.44. The predicted molar refractivity (Wildman–Crippen MR) is 143 cm³/mol. The Hall–Kier alpha value is -3.80. The van der Waals surface area contributed by atoms with E-state index in [1.807, 2.05) is 18.5 Å². The van der Waals surface area contributed by atoms with Crippen LogP contribution in [0.4, 0.5) is 0 Å². The van der Waals surface area contributed by atoms with Gasteiger partial charge in [0.05, 0.1) is 24.4 Å². The maximum Gasteiger partial charge on any atom is 0.340 e. The van der Waals surface area contributed by atoms with Crippen LogP contribution in [0.3, 0.4) is 0 Å². The second-order valence-corrected chi connectivity index (χ2v) is 9.31. The third kappa shape index (κ3) is 4.14. The van der Waals surface area contributed by atoms with Crippen molar-refractivity contribution in [2.24, 2.45) is 23.5 Å². The summed E-state index contributed by atoms with van der Waals surface area (Å²) in [5, 5.41) is 3.29. The molecule has 0 saturated heterocycles. The van der Waals surface area contributed by atoms with E-state index in [9.17, 15) is 4.79 Å². The highest BCUT2D eigenvalue weighted by Gasteiger charge is 2.27. The molecule has 1 aliphatic rings. The van der Waals surface area contributed by atoms with Gasteiger partial charge < -0.3 is 20.8 Å². The number of fused-ring (bicyclic) bond motifs is 2. The van der Waals surface area contributed by atoms with Crippen LogP contribution in [-0.4, -0.2) is 23.1 Å². The van der Waals surface area contributed by atoms with Crippen molar-refractivity contribution in [1.82, 2.24) is 4.57 Å². The van der Waals surface area contributed by atoms with Crippen LogP contribution in [0.15, 0.2) is 59.6 Å². The lowest BCUT2D eigenvalue weighted by atomic mass is 9.86. The molecule has 4 N–H and O–H groups in total. The van der Waals surface area contributed by atoms with E-state index in [4.69, 9.17) is 16.2 Å². The Morgan fingerprint density at radius 1 is 1.03 bits per heavy atom. The summed E-state index contributed by atoms with van der Waals surface area (Å²) in [6.45, 7) is 2.33. The van der Waals surface area contributed by atoms with Crippen molar-refractivity contribution in [3.05, 3.63) is 71.4 Å². The number of ether oxygens (including phenoxy) is 1. The first-order chi connectivity index (χ1) is 17.0. The van der Waals surface area contributed by atoms with Gasteiger partial charge in [0.2, 0.25) is 0 Å². The van der Waals surface area contributed by atoms with Gasteiger partial charge in [0.25, 0.3) is 0 Å². The number of aliphatic imine (C=N–C) groups is 1.